The molecule has 0 saturated carbocycles. The molecule has 0 saturated heterocycles. The van der Waals surface area contributed by atoms with E-state index in [1.54, 1.807) is 36.4 Å². The van der Waals surface area contributed by atoms with E-state index < -0.39 is 5.76 Å². The van der Waals surface area contributed by atoms with Crippen molar-refractivity contribution in [2.75, 3.05) is 5.32 Å². The Labute approximate surface area is 141 Å². The van der Waals surface area contributed by atoms with Gasteiger partial charge in [-0.05, 0) is 49.4 Å². The summed E-state index contributed by atoms with van der Waals surface area (Å²) in [7, 11) is 0. The highest BCUT2D eigenvalue weighted by molar-refractivity contribution is 6.30. The molecule has 1 amide bonds. The maximum atomic E-state index is 12.1. The average Bonchev–Trinajstić information content (AvgIpc) is 2.84. The second-order valence-corrected chi connectivity index (χ2v) is 5.68. The quantitative estimate of drug-likeness (QED) is 0.737. The summed E-state index contributed by atoms with van der Waals surface area (Å²) in [4.78, 5) is 35.5. The van der Waals surface area contributed by atoms with E-state index in [-0.39, 0.29) is 23.8 Å². The highest BCUT2D eigenvalue weighted by Crippen LogP contribution is 2.16. The predicted octanol–water partition coefficient (Wildman–Crippen LogP) is 3.09. The molecule has 0 spiro atoms. The Balaban J connectivity index is 1.85. The molecule has 3 rings (SSSR count). The summed E-state index contributed by atoms with van der Waals surface area (Å²) in [5.74, 6) is -1.16. The number of carbonyl (C=O) groups is 2. The third kappa shape index (κ3) is 3.23. The van der Waals surface area contributed by atoms with Gasteiger partial charge in [-0.2, -0.15) is 0 Å². The second-order valence-electron chi connectivity index (χ2n) is 5.25. The summed E-state index contributed by atoms with van der Waals surface area (Å²) < 4.78 is 6.33. The fraction of sp³-hybridized carbons (Fsp3) is 0.118. The van der Waals surface area contributed by atoms with Gasteiger partial charge in [-0.15, -0.1) is 0 Å². The van der Waals surface area contributed by atoms with Gasteiger partial charge in [-0.25, -0.2) is 4.79 Å². The molecule has 0 unspecified atom stereocenters. The van der Waals surface area contributed by atoms with Crippen LogP contribution in [0.3, 0.4) is 0 Å². The van der Waals surface area contributed by atoms with Crippen LogP contribution in [0.25, 0.3) is 11.1 Å². The smallest absolute Gasteiger partial charge is 0.408 e. The minimum absolute atomic E-state index is 0.132. The average molecular weight is 345 g/mol. The van der Waals surface area contributed by atoms with Gasteiger partial charge >= 0.3 is 5.76 Å². The van der Waals surface area contributed by atoms with E-state index in [1.165, 1.54) is 17.6 Å². The van der Waals surface area contributed by atoms with E-state index in [0.717, 1.165) is 0 Å². The Morgan fingerprint density at radius 2 is 1.88 bits per heavy atom. The van der Waals surface area contributed by atoms with Crippen LogP contribution in [0.4, 0.5) is 5.69 Å². The number of nitrogens with one attached hydrogen (secondary N) is 1. The first kappa shape index (κ1) is 16.0. The maximum absolute atomic E-state index is 12.1. The zero-order valence-electron chi connectivity index (χ0n) is 12.7. The third-order valence-electron chi connectivity index (χ3n) is 3.50. The highest BCUT2D eigenvalue weighted by Gasteiger charge is 2.14. The van der Waals surface area contributed by atoms with Crippen LogP contribution in [-0.2, 0) is 11.3 Å². The number of carbonyl (C=O) groups excluding carboxylic acids is 2. The van der Waals surface area contributed by atoms with Crippen molar-refractivity contribution in [3.8, 4) is 0 Å². The molecule has 1 N–H and O–H groups in total. The Hall–Kier alpha value is -2.86. The largest absolute Gasteiger partial charge is 0.420 e. The summed E-state index contributed by atoms with van der Waals surface area (Å²) in [5.41, 5.74) is 1.74. The van der Waals surface area contributed by atoms with E-state index in [4.69, 9.17) is 16.0 Å². The van der Waals surface area contributed by atoms with Crippen molar-refractivity contribution in [1.29, 1.82) is 0 Å². The Bertz CT molecular complexity index is 986. The number of benzene rings is 2. The molecule has 3 aromatic rings. The number of amides is 1. The molecule has 24 heavy (non-hydrogen) atoms. The van der Waals surface area contributed by atoms with E-state index >= 15 is 0 Å². The van der Waals surface area contributed by atoms with Crippen LogP contribution in [0.2, 0.25) is 5.02 Å². The normalized spacial score (nSPS) is 10.8. The number of nitrogens with zero attached hydrogens (tertiary/aromatic N) is 1. The molecular formula is C17H13ClN2O4. The summed E-state index contributed by atoms with van der Waals surface area (Å²) in [5, 5.41) is 3.24. The molecule has 0 radical (unpaired) electrons. The molecule has 0 atom stereocenters. The van der Waals surface area contributed by atoms with Gasteiger partial charge in [-0.1, -0.05) is 11.6 Å². The zero-order chi connectivity index (χ0) is 17.3. The Morgan fingerprint density at radius 3 is 2.54 bits per heavy atom. The van der Waals surface area contributed by atoms with Crippen molar-refractivity contribution in [3.05, 3.63) is 63.6 Å². The van der Waals surface area contributed by atoms with Crippen LogP contribution in [0, 0.1) is 0 Å². The van der Waals surface area contributed by atoms with E-state index in [9.17, 15) is 14.4 Å². The number of Topliss-reactive ketones (excluding diaryl/α,β-unsaturated/α-hetero) is 1. The second kappa shape index (κ2) is 6.33. The predicted molar refractivity (Wildman–Crippen MR) is 90.6 cm³/mol. The lowest BCUT2D eigenvalue weighted by atomic mass is 10.1. The van der Waals surface area contributed by atoms with Crippen molar-refractivity contribution in [2.24, 2.45) is 0 Å². The fourth-order valence-corrected chi connectivity index (χ4v) is 2.44. The van der Waals surface area contributed by atoms with Crippen LogP contribution in [0.1, 0.15) is 17.3 Å². The number of anilines is 1. The van der Waals surface area contributed by atoms with E-state index in [2.05, 4.69) is 5.32 Å². The van der Waals surface area contributed by atoms with Crippen molar-refractivity contribution >= 4 is 40.1 Å². The van der Waals surface area contributed by atoms with Gasteiger partial charge in [0.15, 0.2) is 11.4 Å². The Morgan fingerprint density at radius 1 is 1.17 bits per heavy atom. The lowest BCUT2D eigenvalue weighted by Gasteiger charge is -2.06. The molecular weight excluding hydrogens is 332 g/mol. The van der Waals surface area contributed by atoms with Crippen LogP contribution in [0.15, 0.2) is 51.7 Å². The number of fused-ring (bicyclic) bond motifs is 1. The highest BCUT2D eigenvalue weighted by atomic mass is 35.5. The van der Waals surface area contributed by atoms with Gasteiger partial charge in [0.2, 0.25) is 5.91 Å². The number of halogens is 1. The van der Waals surface area contributed by atoms with Crippen LogP contribution in [0.5, 0.6) is 0 Å². The van der Waals surface area contributed by atoms with Crippen molar-refractivity contribution < 1.29 is 14.0 Å². The molecule has 7 heteroatoms. The van der Waals surface area contributed by atoms with Crippen LogP contribution < -0.4 is 11.1 Å². The Kier molecular flexibility index (Phi) is 4.22. The number of hydrogen-bond acceptors (Lipinski definition) is 4. The first-order valence-corrected chi connectivity index (χ1v) is 7.51. The first-order chi connectivity index (χ1) is 11.4. The third-order valence-corrected chi connectivity index (χ3v) is 3.76. The van der Waals surface area contributed by atoms with Gasteiger partial charge < -0.3 is 9.73 Å². The zero-order valence-corrected chi connectivity index (χ0v) is 13.5. The molecule has 0 aliphatic heterocycles. The maximum Gasteiger partial charge on any atom is 0.420 e. The molecule has 0 bridgehead atoms. The number of ketones is 1. The fourth-order valence-electron chi connectivity index (χ4n) is 2.31. The van der Waals surface area contributed by atoms with Gasteiger partial charge in [0, 0.05) is 16.3 Å². The van der Waals surface area contributed by atoms with Crippen molar-refractivity contribution in [2.45, 2.75) is 13.5 Å². The number of rotatable bonds is 4. The number of aromatic nitrogens is 1. The van der Waals surface area contributed by atoms with E-state index in [0.29, 0.717) is 21.8 Å². The van der Waals surface area contributed by atoms with Gasteiger partial charge in [0.1, 0.15) is 6.54 Å². The summed E-state index contributed by atoms with van der Waals surface area (Å²) >= 11 is 5.79. The minimum atomic E-state index is -0.656. The summed E-state index contributed by atoms with van der Waals surface area (Å²) in [6.07, 6.45) is 0. The van der Waals surface area contributed by atoms with E-state index in [1.807, 2.05) is 0 Å². The van der Waals surface area contributed by atoms with Crippen LogP contribution in [-0.4, -0.2) is 16.3 Å². The first-order valence-electron chi connectivity index (χ1n) is 7.14. The van der Waals surface area contributed by atoms with Gasteiger partial charge in [0.05, 0.1) is 5.52 Å². The number of oxazole rings is 1. The molecule has 0 aliphatic rings. The monoisotopic (exact) mass is 344 g/mol. The SMILES string of the molecule is CC(=O)c1ccc2c(c1)oc(=O)n2CC(=O)Nc1ccc(Cl)cc1. The molecule has 1 aromatic heterocycles. The van der Waals surface area contributed by atoms with Gasteiger partial charge in [0.25, 0.3) is 0 Å². The van der Waals surface area contributed by atoms with Crippen molar-refractivity contribution in [1.82, 2.24) is 4.57 Å². The molecule has 0 fully saturated rings. The minimum Gasteiger partial charge on any atom is -0.408 e. The molecule has 6 nitrogen and oxygen atoms in total. The van der Waals surface area contributed by atoms with Crippen molar-refractivity contribution in [3.63, 3.8) is 0 Å². The summed E-state index contributed by atoms with van der Waals surface area (Å²) in [6, 6.07) is 11.3. The lowest BCUT2D eigenvalue weighted by Crippen LogP contribution is -2.24. The standard InChI is InChI=1S/C17H13ClN2O4/c1-10(21)11-2-7-14-15(8-11)24-17(23)20(14)9-16(22)19-13-5-3-12(18)4-6-13/h2-8H,9H2,1H3,(H,19,22). The lowest BCUT2D eigenvalue weighted by molar-refractivity contribution is -0.116. The molecule has 2 aromatic carbocycles. The molecule has 122 valence electrons. The summed E-state index contributed by atoms with van der Waals surface area (Å²) in [6.45, 7) is 1.23. The number of hydrogen-bond donors (Lipinski definition) is 1. The van der Waals surface area contributed by atoms with Gasteiger partial charge in [-0.3, -0.25) is 14.2 Å². The topological polar surface area (TPSA) is 81.3 Å². The molecule has 0 aliphatic carbocycles. The molecule has 1 heterocycles. The van der Waals surface area contributed by atoms with Crippen LogP contribution >= 0.6 is 11.6 Å².